The molecule has 4 rings (SSSR count). The van der Waals surface area contributed by atoms with Crippen molar-refractivity contribution in [1.29, 1.82) is 0 Å². The van der Waals surface area contributed by atoms with E-state index in [1.165, 1.54) is 11.1 Å². The summed E-state index contributed by atoms with van der Waals surface area (Å²) in [5.74, 6) is 1.81. The summed E-state index contributed by atoms with van der Waals surface area (Å²) in [5, 5.41) is 8.16. The van der Waals surface area contributed by atoms with E-state index in [0.717, 1.165) is 44.8 Å². The van der Waals surface area contributed by atoms with E-state index in [9.17, 15) is 4.79 Å². The van der Waals surface area contributed by atoms with Gasteiger partial charge in [0.05, 0.1) is 0 Å². The molecule has 2 atom stereocenters. The van der Waals surface area contributed by atoms with E-state index in [-0.39, 0.29) is 5.92 Å². The van der Waals surface area contributed by atoms with Gasteiger partial charge in [-0.2, -0.15) is 5.10 Å². The number of rotatable bonds is 3. The summed E-state index contributed by atoms with van der Waals surface area (Å²) in [6, 6.07) is 12.5. The van der Waals surface area contributed by atoms with Crippen LogP contribution in [-0.4, -0.2) is 47.2 Å². The first kappa shape index (κ1) is 16.1. The predicted molar refractivity (Wildman–Crippen MR) is 97.5 cm³/mol. The van der Waals surface area contributed by atoms with Crippen LogP contribution in [0.4, 0.5) is 5.82 Å². The molecule has 0 unspecified atom stereocenters. The zero-order valence-corrected chi connectivity index (χ0v) is 14.6. The second-order valence-electron chi connectivity index (χ2n) is 7.11. The lowest BCUT2D eigenvalue weighted by atomic mass is 10.1. The van der Waals surface area contributed by atoms with Crippen LogP contribution in [0.1, 0.15) is 29.9 Å². The Labute approximate surface area is 148 Å². The SMILES string of the molecule is Cc1cccc([C@H]2C[C@@H]2C(=O)N2CCCN(c3cccnn3)CC2)c1. The van der Waals surface area contributed by atoms with Gasteiger partial charge in [-0.15, -0.1) is 5.10 Å². The Bertz CT molecular complexity index is 748. The third kappa shape index (κ3) is 3.50. The van der Waals surface area contributed by atoms with Gasteiger partial charge in [0.2, 0.25) is 5.91 Å². The van der Waals surface area contributed by atoms with Crippen molar-refractivity contribution in [3.8, 4) is 0 Å². The number of aromatic nitrogens is 2. The molecule has 1 amide bonds. The molecule has 25 heavy (non-hydrogen) atoms. The van der Waals surface area contributed by atoms with Crippen molar-refractivity contribution in [1.82, 2.24) is 15.1 Å². The van der Waals surface area contributed by atoms with Crippen LogP contribution in [-0.2, 0) is 4.79 Å². The Kier molecular flexibility index (Phi) is 4.38. The molecule has 0 bridgehead atoms. The third-order valence-corrected chi connectivity index (χ3v) is 5.27. The average Bonchev–Trinajstić information content (AvgIpc) is 3.45. The Morgan fingerprint density at radius 3 is 2.84 bits per heavy atom. The molecule has 1 saturated heterocycles. The molecule has 2 aliphatic rings. The largest absolute Gasteiger partial charge is 0.353 e. The monoisotopic (exact) mass is 336 g/mol. The normalized spacial score (nSPS) is 23.2. The number of carbonyl (C=O) groups excluding carboxylic acids is 1. The molecule has 0 spiro atoms. The first-order valence-corrected chi connectivity index (χ1v) is 9.10. The molecule has 1 aromatic heterocycles. The topological polar surface area (TPSA) is 49.3 Å². The quantitative estimate of drug-likeness (QED) is 0.864. The number of carbonyl (C=O) groups is 1. The molecular weight excluding hydrogens is 312 g/mol. The van der Waals surface area contributed by atoms with E-state index in [4.69, 9.17) is 0 Å². The van der Waals surface area contributed by atoms with Gasteiger partial charge in [0.15, 0.2) is 5.82 Å². The van der Waals surface area contributed by atoms with E-state index in [1.54, 1.807) is 6.20 Å². The molecule has 1 saturated carbocycles. The fourth-order valence-electron chi connectivity index (χ4n) is 3.80. The Morgan fingerprint density at radius 2 is 2.04 bits per heavy atom. The van der Waals surface area contributed by atoms with Crippen molar-refractivity contribution in [3.05, 3.63) is 53.7 Å². The van der Waals surface area contributed by atoms with Gasteiger partial charge in [0.25, 0.3) is 0 Å². The number of hydrogen-bond acceptors (Lipinski definition) is 4. The fourth-order valence-corrected chi connectivity index (χ4v) is 3.80. The van der Waals surface area contributed by atoms with Gasteiger partial charge >= 0.3 is 0 Å². The first-order chi connectivity index (χ1) is 12.2. The van der Waals surface area contributed by atoms with Gasteiger partial charge in [0.1, 0.15) is 0 Å². The second kappa shape index (κ2) is 6.82. The summed E-state index contributed by atoms with van der Waals surface area (Å²) < 4.78 is 0. The third-order valence-electron chi connectivity index (χ3n) is 5.27. The Morgan fingerprint density at radius 1 is 1.12 bits per heavy atom. The maximum absolute atomic E-state index is 12.9. The van der Waals surface area contributed by atoms with Crippen LogP contribution in [0.3, 0.4) is 0 Å². The zero-order valence-electron chi connectivity index (χ0n) is 14.6. The molecule has 5 nitrogen and oxygen atoms in total. The smallest absolute Gasteiger partial charge is 0.226 e. The van der Waals surface area contributed by atoms with Gasteiger partial charge in [0, 0.05) is 38.3 Å². The van der Waals surface area contributed by atoms with Crippen LogP contribution in [0.15, 0.2) is 42.6 Å². The molecule has 2 aromatic rings. The maximum atomic E-state index is 12.9. The number of aryl methyl sites for hydroxylation is 1. The van der Waals surface area contributed by atoms with Gasteiger partial charge in [-0.05, 0) is 43.4 Å². The molecule has 1 aliphatic carbocycles. The summed E-state index contributed by atoms with van der Waals surface area (Å²) >= 11 is 0. The standard InChI is InChI=1S/C20H24N4O/c1-15-5-2-6-16(13-15)17-14-18(17)20(25)24-10-4-9-23(11-12-24)19-7-3-8-21-22-19/h2-3,5-8,13,17-18H,4,9-12,14H2,1H3/t17-,18+/m1/s1. The summed E-state index contributed by atoms with van der Waals surface area (Å²) in [6.07, 6.45) is 3.66. The highest BCUT2D eigenvalue weighted by molar-refractivity contribution is 5.83. The van der Waals surface area contributed by atoms with E-state index in [2.05, 4.69) is 51.2 Å². The summed E-state index contributed by atoms with van der Waals surface area (Å²) in [7, 11) is 0. The highest BCUT2D eigenvalue weighted by Crippen LogP contribution is 2.48. The highest BCUT2D eigenvalue weighted by atomic mass is 16.2. The van der Waals surface area contributed by atoms with Gasteiger partial charge in [-0.3, -0.25) is 4.79 Å². The van der Waals surface area contributed by atoms with Crippen LogP contribution >= 0.6 is 0 Å². The minimum Gasteiger partial charge on any atom is -0.353 e. The minimum atomic E-state index is 0.171. The van der Waals surface area contributed by atoms with Crippen LogP contribution in [0.5, 0.6) is 0 Å². The fraction of sp³-hybridized carbons (Fsp3) is 0.450. The number of nitrogens with zero attached hydrogens (tertiary/aromatic N) is 4. The molecule has 2 heterocycles. The van der Waals surface area contributed by atoms with Crippen LogP contribution < -0.4 is 4.90 Å². The van der Waals surface area contributed by atoms with E-state index in [1.807, 2.05) is 12.1 Å². The van der Waals surface area contributed by atoms with Gasteiger partial charge < -0.3 is 9.80 Å². The molecule has 0 N–H and O–H groups in total. The minimum absolute atomic E-state index is 0.171. The van der Waals surface area contributed by atoms with Crippen LogP contribution in [0, 0.1) is 12.8 Å². The molecule has 1 aromatic carbocycles. The van der Waals surface area contributed by atoms with E-state index < -0.39 is 0 Å². The number of anilines is 1. The van der Waals surface area contributed by atoms with Crippen molar-refractivity contribution < 1.29 is 4.79 Å². The first-order valence-electron chi connectivity index (χ1n) is 9.10. The molecular formula is C20H24N4O. The van der Waals surface area contributed by atoms with E-state index >= 15 is 0 Å². The number of hydrogen-bond donors (Lipinski definition) is 0. The lowest BCUT2D eigenvalue weighted by Gasteiger charge is -2.22. The predicted octanol–water partition coefficient (Wildman–Crippen LogP) is 2.63. The van der Waals surface area contributed by atoms with Gasteiger partial charge in [-0.1, -0.05) is 29.8 Å². The van der Waals surface area contributed by atoms with Crippen molar-refractivity contribution in [2.24, 2.45) is 5.92 Å². The van der Waals surface area contributed by atoms with Crippen molar-refractivity contribution in [2.45, 2.75) is 25.7 Å². The van der Waals surface area contributed by atoms with Crippen molar-refractivity contribution >= 4 is 11.7 Å². The Hall–Kier alpha value is -2.43. The zero-order chi connectivity index (χ0) is 17.2. The number of benzene rings is 1. The summed E-state index contributed by atoms with van der Waals surface area (Å²) in [4.78, 5) is 17.2. The average molecular weight is 336 g/mol. The van der Waals surface area contributed by atoms with E-state index in [0.29, 0.717) is 11.8 Å². The Balaban J connectivity index is 1.37. The van der Waals surface area contributed by atoms with Gasteiger partial charge in [-0.25, -0.2) is 0 Å². The molecule has 130 valence electrons. The molecule has 0 radical (unpaired) electrons. The van der Waals surface area contributed by atoms with Crippen LogP contribution in [0.2, 0.25) is 0 Å². The van der Waals surface area contributed by atoms with Crippen molar-refractivity contribution in [2.75, 3.05) is 31.1 Å². The van der Waals surface area contributed by atoms with Crippen LogP contribution in [0.25, 0.3) is 0 Å². The lowest BCUT2D eigenvalue weighted by molar-refractivity contribution is -0.132. The highest BCUT2D eigenvalue weighted by Gasteiger charge is 2.45. The maximum Gasteiger partial charge on any atom is 0.226 e. The second-order valence-corrected chi connectivity index (χ2v) is 7.11. The molecule has 5 heteroatoms. The molecule has 2 fully saturated rings. The summed E-state index contributed by atoms with van der Waals surface area (Å²) in [5.41, 5.74) is 2.58. The van der Waals surface area contributed by atoms with Crippen molar-refractivity contribution in [3.63, 3.8) is 0 Å². The lowest BCUT2D eigenvalue weighted by Crippen LogP contribution is -2.36. The number of amides is 1. The summed E-state index contributed by atoms with van der Waals surface area (Å²) in [6.45, 7) is 5.47. The molecule has 1 aliphatic heterocycles.